The van der Waals surface area contributed by atoms with Crippen molar-refractivity contribution in [1.82, 2.24) is 0 Å². The van der Waals surface area contributed by atoms with Gasteiger partial charge in [0.1, 0.15) is 5.04 Å². The monoisotopic (exact) mass is 415 g/mol. The first-order valence-corrected chi connectivity index (χ1v) is 10.0. The van der Waals surface area contributed by atoms with Crippen LogP contribution in [0.1, 0.15) is 0 Å². The lowest BCUT2D eigenvalue weighted by molar-refractivity contribution is -0.0835. The largest absolute Gasteiger partial charge is 0.422 e. The minimum Gasteiger partial charge on any atom is -0.242 e. The number of thioether (sulfide) groups is 2. The van der Waals surface area contributed by atoms with Gasteiger partial charge in [-0.2, -0.15) is 13.2 Å². The van der Waals surface area contributed by atoms with E-state index in [2.05, 4.69) is 4.99 Å². The van der Waals surface area contributed by atoms with Gasteiger partial charge in [0, 0.05) is 9.79 Å². The molecule has 0 atom stereocenters. The predicted molar refractivity (Wildman–Crippen MR) is 112 cm³/mol. The highest BCUT2D eigenvalue weighted by Crippen LogP contribution is 2.40. The molecule has 0 aliphatic rings. The van der Waals surface area contributed by atoms with Gasteiger partial charge in [-0.3, -0.25) is 0 Å². The van der Waals surface area contributed by atoms with E-state index in [4.69, 9.17) is 0 Å². The molecular formula is C22H16F3NS2. The van der Waals surface area contributed by atoms with E-state index < -0.39 is 11.1 Å². The molecule has 6 heteroatoms. The molecule has 28 heavy (non-hydrogen) atoms. The number of allylic oxidation sites excluding steroid dienone is 1. The minimum atomic E-state index is -4.48. The Morgan fingerprint density at radius 2 is 1.14 bits per heavy atom. The Balaban J connectivity index is 1.99. The van der Waals surface area contributed by atoms with Gasteiger partial charge in [-0.1, -0.05) is 78.1 Å². The van der Waals surface area contributed by atoms with Gasteiger partial charge in [0.15, 0.2) is 0 Å². The average molecular weight is 416 g/mol. The molecule has 0 spiro atoms. The van der Waals surface area contributed by atoms with Gasteiger partial charge in [-0.25, -0.2) is 4.99 Å². The maximum atomic E-state index is 13.7. The van der Waals surface area contributed by atoms with E-state index >= 15 is 0 Å². The molecule has 0 amide bonds. The van der Waals surface area contributed by atoms with Crippen molar-refractivity contribution in [3.8, 4) is 0 Å². The van der Waals surface area contributed by atoms with Crippen molar-refractivity contribution < 1.29 is 13.2 Å². The van der Waals surface area contributed by atoms with E-state index in [1.165, 1.54) is 11.8 Å². The molecular weight excluding hydrogens is 399 g/mol. The first kappa shape index (κ1) is 20.3. The van der Waals surface area contributed by atoms with Crippen molar-refractivity contribution in [3.63, 3.8) is 0 Å². The van der Waals surface area contributed by atoms with Crippen molar-refractivity contribution in [2.75, 3.05) is 0 Å². The smallest absolute Gasteiger partial charge is 0.242 e. The lowest BCUT2D eigenvalue weighted by Crippen LogP contribution is -2.10. The SMILES string of the molecule is FC(F)(F)C(=C/C(=N\c1ccccc1)Sc1ccccc1)Sc1ccccc1. The third-order valence-electron chi connectivity index (χ3n) is 3.47. The summed E-state index contributed by atoms with van der Waals surface area (Å²) in [5.41, 5.74) is 0.600. The van der Waals surface area contributed by atoms with Crippen molar-refractivity contribution in [3.05, 3.63) is 102 Å². The molecule has 0 aliphatic carbocycles. The summed E-state index contributed by atoms with van der Waals surface area (Å²) < 4.78 is 41.1. The summed E-state index contributed by atoms with van der Waals surface area (Å²) in [7, 11) is 0. The number of alkyl halides is 3. The van der Waals surface area contributed by atoms with Crippen LogP contribution < -0.4 is 0 Å². The van der Waals surface area contributed by atoms with E-state index in [0.717, 1.165) is 11.0 Å². The molecule has 0 unspecified atom stereocenters. The number of rotatable bonds is 5. The Morgan fingerprint density at radius 1 is 0.679 bits per heavy atom. The molecule has 0 aliphatic heterocycles. The van der Waals surface area contributed by atoms with Gasteiger partial charge in [-0.15, -0.1) is 0 Å². The molecule has 0 heterocycles. The number of nitrogens with zero attached hydrogens (tertiary/aromatic N) is 1. The van der Waals surface area contributed by atoms with Crippen LogP contribution in [-0.4, -0.2) is 11.2 Å². The summed E-state index contributed by atoms with van der Waals surface area (Å²) >= 11 is 1.89. The summed E-state index contributed by atoms with van der Waals surface area (Å²) in [6.07, 6.45) is -3.36. The second kappa shape index (κ2) is 9.66. The first-order valence-electron chi connectivity index (χ1n) is 8.39. The number of hydrogen-bond acceptors (Lipinski definition) is 3. The lowest BCUT2D eigenvalue weighted by Gasteiger charge is -2.12. The highest BCUT2D eigenvalue weighted by Gasteiger charge is 2.35. The van der Waals surface area contributed by atoms with Crippen LogP contribution in [0.25, 0.3) is 0 Å². The number of benzene rings is 3. The van der Waals surface area contributed by atoms with Crippen LogP contribution in [0.3, 0.4) is 0 Å². The Bertz CT molecular complexity index is 938. The first-order chi connectivity index (χ1) is 13.5. The number of aliphatic imine (C=N–C) groups is 1. The summed E-state index contributed by atoms with van der Waals surface area (Å²) in [4.78, 5) is 5.07. The highest BCUT2D eigenvalue weighted by molar-refractivity contribution is 8.14. The zero-order valence-electron chi connectivity index (χ0n) is 14.6. The van der Waals surface area contributed by atoms with E-state index in [1.807, 2.05) is 36.4 Å². The maximum absolute atomic E-state index is 13.7. The van der Waals surface area contributed by atoms with E-state index in [0.29, 0.717) is 22.3 Å². The Hall–Kier alpha value is -2.44. The Labute approximate surface area is 170 Å². The van der Waals surface area contributed by atoms with Gasteiger partial charge >= 0.3 is 6.18 Å². The van der Waals surface area contributed by atoms with Crippen LogP contribution in [0.2, 0.25) is 0 Å². The van der Waals surface area contributed by atoms with E-state index in [-0.39, 0.29) is 5.04 Å². The van der Waals surface area contributed by atoms with Gasteiger partial charge in [-0.05, 0) is 42.5 Å². The quantitative estimate of drug-likeness (QED) is 0.240. The maximum Gasteiger partial charge on any atom is 0.422 e. The third-order valence-corrected chi connectivity index (χ3v) is 5.47. The van der Waals surface area contributed by atoms with Crippen LogP contribution >= 0.6 is 23.5 Å². The van der Waals surface area contributed by atoms with Crippen molar-refractivity contribution in [1.29, 1.82) is 0 Å². The number of para-hydroxylation sites is 1. The van der Waals surface area contributed by atoms with Crippen LogP contribution in [0.4, 0.5) is 18.9 Å². The summed E-state index contributed by atoms with van der Waals surface area (Å²) in [6.45, 7) is 0. The molecule has 3 aromatic carbocycles. The molecule has 1 nitrogen and oxygen atoms in total. The molecule has 0 fully saturated rings. The zero-order valence-corrected chi connectivity index (χ0v) is 16.3. The van der Waals surface area contributed by atoms with Crippen LogP contribution in [0.5, 0.6) is 0 Å². The Morgan fingerprint density at radius 3 is 1.64 bits per heavy atom. The molecule has 0 radical (unpaired) electrons. The van der Waals surface area contributed by atoms with Gasteiger partial charge in [0.05, 0.1) is 10.6 Å². The van der Waals surface area contributed by atoms with Crippen molar-refractivity contribution in [2.24, 2.45) is 4.99 Å². The summed E-state index contributed by atoms with van der Waals surface area (Å²) in [5, 5.41) is 0.271. The van der Waals surface area contributed by atoms with Crippen molar-refractivity contribution in [2.45, 2.75) is 16.0 Å². The molecule has 0 saturated heterocycles. The molecule has 0 aromatic heterocycles. The fourth-order valence-corrected chi connectivity index (χ4v) is 3.99. The van der Waals surface area contributed by atoms with E-state index in [1.54, 1.807) is 54.6 Å². The van der Waals surface area contributed by atoms with Gasteiger partial charge in [0.25, 0.3) is 0 Å². The number of halogens is 3. The van der Waals surface area contributed by atoms with Crippen LogP contribution in [0, 0.1) is 0 Å². The second-order valence-corrected chi connectivity index (χ2v) is 7.83. The highest BCUT2D eigenvalue weighted by atomic mass is 32.2. The summed E-state index contributed by atoms with van der Waals surface area (Å²) in [6, 6.07) is 26.7. The molecule has 142 valence electrons. The lowest BCUT2D eigenvalue weighted by atomic mass is 10.3. The topological polar surface area (TPSA) is 12.4 Å². The minimum absolute atomic E-state index is 0.271. The van der Waals surface area contributed by atoms with E-state index in [9.17, 15) is 13.2 Å². The average Bonchev–Trinajstić information content (AvgIpc) is 2.69. The predicted octanol–water partition coefficient (Wildman–Crippen LogP) is 7.75. The van der Waals surface area contributed by atoms with Crippen LogP contribution in [0.15, 0.2) is 117 Å². The third kappa shape index (κ3) is 6.32. The molecule has 0 saturated carbocycles. The van der Waals surface area contributed by atoms with Gasteiger partial charge in [0.2, 0.25) is 0 Å². The fraction of sp³-hybridized carbons (Fsp3) is 0.0455. The standard InChI is InChI=1S/C22H16F3NS2/c23-22(24,25)20(27-18-12-6-2-7-13-18)16-21(26-17-10-4-1-5-11-17)28-19-14-8-3-9-15-19/h1-16H/b20-16?,26-21+. The Kier molecular flexibility index (Phi) is 7.01. The molecule has 0 bridgehead atoms. The second-order valence-electron chi connectivity index (χ2n) is 5.62. The molecule has 3 rings (SSSR count). The number of hydrogen-bond donors (Lipinski definition) is 0. The summed E-state index contributed by atoms with van der Waals surface area (Å²) in [5.74, 6) is 0. The molecule has 0 N–H and O–H groups in total. The fourth-order valence-electron chi connectivity index (χ4n) is 2.22. The van der Waals surface area contributed by atoms with Crippen molar-refractivity contribution >= 4 is 34.3 Å². The molecule has 3 aromatic rings. The normalized spacial score (nSPS) is 12.8. The van der Waals surface area contributed by atoms with Gasteiger partial charge < -0.3 is 0 Å². The zero-order chi connectivity index (χ0) is 19.8. The van der Waals surface area contributed by atoms with Crippen LogP contribution in [-0.2, 0) is 0 Å².